The van der Waals surface area contributed by atoms with Gasteiger partial charge in [-0.15, -0.1) is 0 Å². The Morgan fingerprint density at radius 3 is 2.29 bits per heavy atom. The molecule has 2 rings (SSSR count). The van der Waals surface area contributed by atoms with Crippen LogP contribution in [0.25, 0.3) is 0 Å². The van der Waals surface area contributed by atoms with Crippen molar-refractivity contribution in [2.24, 2.45) is 0 Å². The molecule has 0 aliphatic heterocycles. The highest BCUT2D eigenvalue weighted by Gasteiger charge is 2.14. The van der Waals surface area contributed by atoms with Crippen molar-refractivity contribution < 1.29 is 17.6 Å². The molecule has 3 nitrogen and oxygen atoms in total. The smallest absolute Gasteiger partial charge is 0.169 e. The summed E-state index contributed by atoms with van der Waals surface area (Å²) < 4.78 is 54.1. The van der Waals surface area contributed by atoms with E-state index in [9.17, 15) is 17.6 Å². The highest BCUT2D eigenvalue weighted by molar-refractivity contribution is 9.10. The second-order valence-electron chi connectivity index (χ2n) is 4.05. The molecule has 1 aromatic heterocycles. The summed E-state index contributed by atoms with van der Waals surface area (Å²) in [6, 6.07) is 2.35. The lowest BCUT2D eigenvalue weighted by Gasteiger charge is -2.11. The Kier molecular flexibility index (Phi) is 4.66. The molecule has 0 bridgehead atoms. The quantitative estimate of drug-likeness (QED) is 0.616. The molecule has 0 unspecified atom stereocenters. The minimum Gasteiger partial charge on any atom is -0.368 e. The number of hydrogen-bond acceptors (Lipinski definition) is 3. The number of rotatable bonds is 4. The Hall–Kier alpha value is -1.83. The molecule has 2 N–H and O–H groups in total. The van der Waals surface area contributed by atoms with Gasteiger partial charge >= 0.3 is 0 Å². The van der Waals surface area contributed by atoms with Crippen molar-refractivity contribution in [3.05, 3.63) is 45.9 Å². The van der Waals surface area contributed by atoms with Crippen molar-refractivity contribution in [3.8, 4) is 0 Å². The lowest BCUT2D eigenvalue weighted by molar-refractivity contribution is 0.578. The number of nitrogens with one attached hydrogen (secondary N) is 2. The highest BCUT2D eigenvalue weighted by Crippen LogP contribution is 2.27. The normalized spacial score (nSPS) is 10.6. The molecule has 8 heteroatoms. The average Bonchev–Trinajstić information content (AvgIpc) is 2.41. The van der Waals surface area contributed by atoms with E-state index in [1.54, 1.807) is 6.92 Å². The van der Waals surface area contributed by atoms with Crippen molar-refractivity contribution in [2.75, 3.05) is 17.2 Å². The van der Waals surface area contributed by atoms with E-state index in [0.717, 1.165) is 12.1 Å². The van der Waals surface area contributed by atoms with Crippen LogP contribution in [0.5, 0.6) is 0 Å². The van der Waals surface area contributed by atoms with Crippen molar-refractivity contribution in [2.45, 2.75) is 6.92 Å². The van der Waals surface area contributed by atoms with Crippen LogP contribution in [-0.4, -0.2) is 11.5 Å². The van der Waals surface area contributed by atoms with E-state index in [1.165, 1.54) is 0 Å². The molecule has 0 atom stereocenters. The molecule has 0 saturated heterocycles. The van der Waals surface area contributed by atoms with Crippen LogP contribution in [0.2, 0.25) is 0 Å². The van der Waals surface area contributed by atoms with E-state index in [1.807, 2.05) is 0 Å². The Morgan fingerprint density at radius 1 is 0.952 bits per heavy atom. The van der Waals surface area contributed by atoms with E-state index in [2.05, 4.69) is 31.5 Å². The van der Waals surface area contributed by atoms with Crippen molar-refractivity contribution in [1.82, 2.24) is 4.98 Å². The van der Waals surface area contributed by atoms with Crippen LogP contribution >= 0.6 is 15.9 Å². The molecular weight excluding hydrogens is 354 g/mol. The van der Waals surface area contributed by atoms with Gasteiger partial charge in [0.1, 0.15) is 11.6 Å². The summed E-state index contributed by atoms with van der Waals surface area (Å²) in [5, 5.41) is 4.90. The minimum atomic E-state index is -1.02. The fraction of sp³-hybridized carbons (Fsp3) is 0.154. The molecule has 0 amide bonds. The molecule has 0 saturated carbocycles. The first-order chi connectivity index (χ1) is 9.92. The van der Waals surface area contributed by atoms with Gasteiger partial charge in [-0.05, 0) is 28.9 Å². The molecule has 0 radical (unpaired) electrons. The van der Waals surface area contributed by atoms with Crippen LogP contribution in [0.3, 0.4) is 0 Å². The van der Waals surface area contributed by atoms with Crippen LogP contribution in [-0.2, 0) is 0 Å². The Morgan fingerprint density at radius 2 is 1.62 bits per heavy atom. The summed E-state index contributed by atoms with van der Waals surface area (Å²) in [4.78, 5) is 3.68. The van der Waals surface area contributed by atoms with E-state index in [-0.39, 0.29) is 16.0 Å². The Balaban J connectivity index is 2.39. The molecule has 21 heavy (non-hydrogen) atoms. The Bertz CT molecular complexity index is 679. The number of nitrogens with zero attached hydrogens (tertiary/aromatic N) is 1. The van der Waals surface area contributed by atoms with Gasteiger partial charge in [-0.25, -0.2) is 22.5 Å². The predicted molar refractivity (Wildman–Crippen MR) is 75.7 cm³/mol. The van der Waals surface area contributed by atoms with Gasteiger partial charge < -0.3 is 10.6 Å². The van der Waals surface area contributed by atoms with Crippen LogP contribution in [0, 0.1) is 23.3 Å². The maximum absolute atomic E-state index is 13.7. The lowest BCUT2D eigenvalue weighted by atomic mass is 10.3. The molecule has 2 aromatic rings. The summed E-state index contributed by atoms with van der Waals surface area (Å²) in [6.07, 6.45) is 0. The Labute approximate surface area is 126 Å². The number of anilines is 3. The molecular formula is C13H10BrF4N3. The van der Waals surface area contributed by atoms with E-state index < -0.39 is 29.1 Å². The fourth-order valence-corrected chi connectivity index (χ4v) is 1.91. The second-order valence-corrected chi connectivity index (χ2v) is 4.91. The molecule has 1 heterocycles. The third kappa shape index (κ3) is 3.44. The number of benzene rings is 1. The van der Waals surface area contributed by atoms with Gasteiger partial charge in [-0.2, -0.15) is 0 Å². The van der Waals surface area contributed by atoms with Gasteiger partial charge in [0, 0.05) is 18.7 Å². The SMILES string of the molecule is CCNc1nc(Nc2cc(F)c(Br)cc2F)c(F)cc1F. The standard InChI is InChI=1S/C13H10BrF4N3/c1-2-19-12-9(17)4-10(18)13(21-12)20-11-5-7(15)6(14)3-8(11)16/h3-5H,2H2,1H3,(H2,19,20,21). The third-order valence-electron chi connectivity index (χ3n) is 2.54. The zero-order valence-electron chi connectivity index (χ0n) is 10.8. The van der Waals surface area contributed by atoms with E-state index in [0.29, 0.717) is 12.6 Å². The van der Waals surface area contributed by atoms with Crippen LogP contribution < -0.4 is 10.6 Å². The summed E-state index contributed by atoms with van der Waals surface area (Å²) in [6.45, 7) is 2.08. The zero-order chi connectivity index (χ0) is 15.6. The molecule has 1 aromatic carbocycles. The van der Waals surface area contributed by atoms with E-state index in [4.69, 9.17) is 0 Å². The maximum Gasteiger partial charge on any atom is 0.169 e. The zero-order valence-corrected chi connectivity index (χ0v) is 12.4. The first-order valence-corrected chi connectivity index (χ1v) is 6.73. The fourth-order valence-electron chi connectivity index (χ4n) is 1.59. The largest absolute Gasteiger partial charge is 0.368 e. The average molecular weight is 364 g/mol. The van der Waals surface area contributed by atoms with Crippen molar-refractivity contribution in [3.63, 3.8) is 0 Å². The highest BCUT2D eigenvalue weighted by atomic mass is 79.9. The van der Waals surface area contributed by atoms with Crippen molar-refractivity contribution >= 4 is 33.3 Å². The van der Waals surface area contributed by atoms with Gasteiger partial charge in [0.05, 0.1) is 10.2 Å². The van der Waals surface area contributed by atoms with Gasteiger partial charge in [0.2, 0.25) is 0 Å². The van der Waals surface area contributed by atoms with Gasteiger partial charge in [0.25, 0.3) is 0 Å². The molecule has 0 aliphatic rings. The third-order valence-corrected chi connectivity index (χ3v) is 3.14. The second kappa shape index (κ2) is 6.30. The van der Waals surface area contributed by atoms with Crippen LogP contribution in [0.1, 0.15) is 6.92 Å². The van der Waals surface area contributed by atoms with Gasteiger partial charge in [-0.1, -0.05) is 0 Å². The summed E-state index contributed by atoms with van der Waals surface area (Å²) in [5.74, 6) is -4.02. The monoisotopic (exact) mass is 363 g/mol. The first kappa shape index (κ1) is 15.6. The first-order valence-electron chi connectivity index (χ1n) is 5.93. The summed E-state index contributed by atoms with van der Waals surface area (Å²) in [5.41, 5.74) is -0.309. The van der Waals surface area contributed by atoms with E-state index >= 15 is 0 Å². The maximum atomic E-state index is 13.7. The topological polar surface area (TPSA) is 37.0 Å². The number of halogens is 5. The number of aromatic nitrogens is 1. The van der Waals surface area contributed by atoms with Gasteiger partial charge in [-0.3, -0.25) is 0 Å². The minimum absolute atomic E-state index is 0.0635. The van der Waals surface area contributed by atoms with Gasteiger partial charge in [0.15, 0.2) is 23.3 Å². The summed E-state index contributed by atoms with van der Waals surface area (Å²) >= 11 is 2.83. The molecule has 0 spiro atoms. The van der Waals surface area contributed by atoms with Crippen LogP contribution in [0.15, 0.2) is 22.7 Å². The van der Waals surface area contributed by atoms with Crippen LogP contribution in [0.4, 0.5) is 34.9 Å². The predicted octanol–water partition coefficient (Wildman–Crippen LogP) is 4.58. The molecule has 0 fully saturated rings. The lowest BCUT2D eigenvalue weighted by Crippen LogP contribution is -2.07. The molecule has 112 valence electrons. The summed E-state index contributed by atoms with van der Waals surface area (Å²) in [7, 11) is 0. The van der Waals surface area contributed by atoms with Crippen molar-refractivity contribution in [1.29, 1.82) is 0 Å². The number of hydrogen-bond donors (Lipinski definition) is 2. The number of pyridine rings is 1. The molecule has 0 aliphatic carbocycles.